The Labute approximate surface area is 162 Å². The van der Waals surface area contributed by atoms with Crippen LogP contribution in [0.5, 0.6) is 0 Å². The Balaban J connectivity index is 1.56. The van der Waals surface area contributed by atoms with E-state index in [0.717, 1.165) is 22.5 Å². The third-order valence-electron chi connectivity index (χ3n) is 4.29. The van der Waals surface area contributed by atoms with E-state index in [-0.39, 0.29) is 5.91 Å². The van der Waals surface area contributed by atoms with Crippen molar-refractivity contribution in [3.63, 3.8) is 0 Å². The Morgan fingerprint density at radius 2 is 1.96 bits per heavy atom. The first-order chi connectivity index (χ1) is 13.7. The van der Waals surface area contributed by atoms with Gasteiger partial charge in [-0.05, 0) is 30.7 Å². The van der Waals surface area contributed by atoms with Crippen molar-refractivity contribution in [2.45, 2.75) is 13.5 Å². The summed E-state index contributed by atoms with van der Waals surface area (Å²) >= 11 is 0. The molecule has 0 unspecified atom stereocenters. The van der Waals surface area contributed by atoms with Crippen molar-refractivity contribution in [2.75, 3.05) is 5.32 Å². The minimum Gasteiger partial charge on any atom is -0.322 e. The molecule has 0 aliphatic rings. The lowest BCUT2D eigenvalue weighted by molar-refractivity contribution is 0.102. The van der Waals surface area contributed by atoms with E-state index in [9.17, 15) is 4.79 Å². The van der Waals surface area contributed by atoms with Crippen LogP contribution in [-0.2, 0) is 6.54 Å². The summed E-state index contributed by atoms with van der Waals surface area (Å²) in [5.74, 6) is -0.155. The number of para-hydroxylation sites is 1. The standard InChI is InChI=1S/C21H18N6O/c1-15-7-8-16(11-19(15)21(28)24-17-5-3-2-4-6-17)20-14-27(26-25-20)13-18-12-22-9-10-23-18/h2-12,14H,13H2,1H3,(H,24,28). The molecule has 0 aliphatic heterocycles. The van der Waals surface area contributed by atoms with E-state index in [1.54, 1.807) is 23.3 Å². The quantitative estimate of drug-likeness (QED) is 0.582. The fourth-order valence-electron chi connectivity index (χ4n) is 2.83. The molecule has 0 saturated carbocycles. The lowest BCUT2D eigenvalue weighted by atomic mass is 10.0. The number of rotatable bonds is 5. The summed E-state index contributed by atoms with van der Waals surface area (Å²) in [6.07, 6.45) is 6.80. The lowest BCUT2D eigenvalue weighted by Crippen LogP contribution is -2.13. The predicted molar refractivity (Wildman–Crippen MR) is 106 cm³/mol. The van der Waals surface area contributed by atoms with Crippen LogP contribution in [0.1, 0.15) is 21.6 Å². The van der Waals surface area contributed by atoms with E-state index in [1.165, 1.54) is 0 Å². The minimum atomic E-state index is -0.155. The van der Waals surface area contributed by atoms with Gasteiger partial charge in [-0.3, -0.25) is 14.8 Å². The summed E-state index contributed by atoms with van der Waals surface area (Å²) in [6, 6.07) is 15.1. The van der Waals surface area contributed by atoms with Gasteiger partial charge < -0.3 is 5.32 Å². The van der Waals surface area contributed by atoms with Crippen LogP contribution in [-0.4, -0.2) is 30.9 Å². The summed E-state index contributed by atoms with van der Waals surface area (Å²) in [5.41, 5.74) is 4.57. The molecule has 0 fully saturated rings. The number of amides is 1. The van der Waals surface area contributed by atoms with Gasteiger partial charge in [0.15, 0.2) is 0 Å². The molecule has 0 spiro atoms. The fourth-order valence-corrected chi connectivity index (χ4v) is 2.83. The molecule has 138 valence electrons. The maximum atomic E-state index is 12.7. The van der Waals surface area contributed by atoms with Crippen molar-refractivity contribution in [1.29, 1.82) is 0 Å². The van der Waals surface area contributed by atoms with E-state index < -0.39 is 0 Å². The number of aromatic nitrogens is 5. The molecule has 0 bridgehead atoms. The van der Waals surface area contributed by atoms with Crippen LogP contribution in [0.25, 0.3) is 11.3 Å². The number of hydrogen-bond donors (Lipinski definition) is 1. The number of carbonyl (C=O) groups excluding carboxylic acids is 1. The molecule has 0 saturated heterocycles. The minimum absolute atomic E-state index is 0.155. The summed E-state index contributed by atoms with van der Waals surface area (Å²) < 4.78 is 1.70. The molecule has 4 rings (SSSR count). The van der Waals surface area contributed by atoms with Crippen LogP contribution < -0.4 is 5.32 Å². The number of anilines is 1. The lowest BCUT2D eigenvalue weighted by Gasteiger charge is -2.09. The summed E-state index contributed by atoms with van der Waals surface area (Å²) in [4.78, 5) is 21.0. The van der Waals surface area contributed by atoms with Gasteiger partial charge in [0, 0.05) is 29.2 Å². The Kier molecular flexibility index (Phi) is 4.88. The largest absolute Gasteiger partial charge is 0.322 e. The molecule has 0 aliphatic carbocycles. The molecule has 0 atom stereocenters. The number of nitrogens with one attached hydrogen (secondary N) is 1. The van der Waals surface area contributed by atoms with Gasteiger partial charge >= 0.3 is 0 Å². The fraction of sp³-hybridized carbons (Fsp3) is 0.0952. The number of hydrogen-bond acceptors (Lipinski definition) is 5. The van der Waals surface area contributed by atoms with Gasteiger partial charge in [-0.15, -0.1) is 5.10 Å². The van der Waals surface area contributed by atoms with E-state index in [0.29, 0.717) is 17.8 Å². The predicted octanol–water partition coefficient (Wildman–Crippen LogP) is 3.34. The maximum absolute atomic E-state index is 12.7. The molecular weight excluding hydrogens is 352 g/mol. The second-order valence-corrected chi connectivity index (χ2v) is 6.35. The van der Waals surface area contributed by atoms with Crippen molar-refractivity contribution >= 4 is 11.6 Å². The molecule has 2 aromatic heterocycles. The SMILES string of the molecule is Cc1ccc(-c2cn(Cc3cnccn3)nn2)cc1C(=O)Nc1ccccc1. The van der Waals surface area contributed by atoms with Crippen LogP contribution in [0.15, 0.2) is 73.3 Å². The summed E-state index contributed by atoms with van der Waals surface area (Å²) in [7, 11) is 0. The molecular formula is C21H18N6O. The summed E-state index contributed by atoms with van der Waals surface area (Å²) in [6.45, 7) is 2.39. The number of aryl methyl sites for hydroxylation is 1. The second kappa shape index (κ2) is 7.79. The average molecular weight is 370 g/mol. The van der Waals surface area contributed by atoms with Crippen LogP contribution in [0, 0.1) is 6.92 Å². The van der Waals surface area contributed by atoms with Crippen molar-refractivity contribution in [3.8, 4) is 11.3 Å². The number of benzene rings is 2. The van der Waals surface area contributed by atoms with Crippen LogP contribution in [0.2, 0.25) is 0 Å². The highest BCUT2D eigenvalue weighted by Crippen LogP contribution is 2.21. The molecule has 4 aromatic rings. The third kappa shape index (κ3) is 3.93. The Morgan fingerprint density at radius 3 is 2.75 bits per heavy atom. The van der Waals surface area contributed by atoms with Crippen LogP contribution in [0.3, 0.4) is 0 Å². The topological polar surface area (TPSA) is 85.6 Å². The molecule has 2 heterocycles. The molecule has 1 N–H and O–H groups in total. The Morgan fingerprint density at radius 1 is 1.11 bits per heavy atom. The van der Waals surface area contributed by atoms with Gasteiger partial charge in [0.2, 0.25) is 0 Å². The first kappa shape index (κ1) is 17.5. The highest BCUT2D eigenvalue weighted by atomic mass is 16.1. The smallest absolute Gasteiger partial charge is 0.255 e. The zero-order valence-corrected chi connectivity index (χ0v) is 15.3. The Bertz CT molecular complexity index is 1090. The Hall–Kier alpha value is -3.87. The van der Waals surface area contributed by atoms with Gasteiger partial charge in [0.25, 0.3) is 5.91 Å². The average Bonchev–Trinajstić information content (AvgIpc) is 3.18. The third-order valence-corrected chi connectivity index (χ3v) is 4.29. The van der Waals surface area contributed by atoms with Crippen molar-refractivity contribution in [1.82, 2.24) is 25.0 Å². The van der Waals surface area contributed by atoms with Gasteiger partial charge in [-0.2, -0.15) is 0 Å². The number of carbonyl (C=O) groups is 1. The molecule has 28 heavy (non-hydrogen) atoms. The first-order valence-corrected chi connectivity index (χ1v) is 8.81. The van der Waals surface area contributed by atoms with Gasteiger partial charge in [0.05, 0.1) is 24.6 Å². The monoisotopic (exact) mass is 370 g/mol. The first-order valence-electron chi connectivity index (χ1n) is 8.81. The van der Waals surface area contributed by atoms with Gasteiger partial charge in [-0.1, -0.05) is 35.5 Å². The summed E-state index contributed by atoms with van der Waals surface area (Å²) in [5, 5.41) is 11.3. The molecule has 0 radical (unpaired) electrons. The van der Waals surface area contributed by atoms with Crippen LogP contribution in [0.4, 0.5) is 5.69 Å². The zero-order valence-electron chi connectivity index (χ0n) is 15.3. The molecule has 7 nitrogen and oxygen atoms in total. The second-order valence-electron chi connectivity index (χ2n) is 6.35. The van der Waals surface area contributed by atoms with Crippen LogP contribution >= 0.6 is 0 Å². The highest BCUT2D eigenvalue weighted by molar-refractivity contribution is 6.05. The molecule has 2 aromatic carbocycles. The molecule has 7 heteroatoms. The van der Waals surface area contributed by atoms with Gasteiger partial charge in [-0.25, -0.2) is 4.68 Å². The van der Waals surface area contributed by atoms with Crippen molar-refractivity contribution in [2.24, 2.45) is 0 Å². The van der Waals surface area contributed by atoms with Crippen molar-refractivity contribution in [3.05, 3.63) is 90.1 Å². The molecule has 1 amide bonds. The van der Waals surface area contributed by atoms with Gasteiger partial charge in [0.1, 0.15) is 5.69 Å². The zero-order chi connectivity index (χ0) is 19.3. The highest BCUT2D eigenvalue weighted by Gasteiger charge is 2.13. The number of nitrogens with zero attached hydrogens (tertiary/aromatic N) is 5. The van der Waals surface area contributed by atoms with E-state index in [1.807, 2.05) is 61.7 Å². The van der Waals surface area contributed by atoms with Crippen molar-refractivity contribution < 1.29 is 4.79 Å². The normalized spacial score (nSPS) is 10.6. The van der Waals surface area contributed by atoms with E-state index in [4.69, 9.17) is 0 Å². The van der Waals surface area contributed by atoms with E-state index in [2.05, 4.69) is 25.6 Å². The van der Waals surface area contributed by atoms with E-state index >= 15 is 0 Å². The maximum Gasteiger partial charge on any atom is 0.255 e.